The minimum Gasteiger partial charge on any atom is -0.495 e. The lowest BCUT2D eigenvalue weighted by Crippen LogP contribution is -2.13. The number of hydrogen-bond acceptors (Lipinski definition) is 4. The molecule has 0 aliphatic rings. The number of carbonyl (C=O) groups is 1. The predicted molar refractivity (Wildman–Crippen MR) is 94.8 cm³/mol. The Bertz CT molecular complexity index is 948. The summed E-state index contributed by atoms with van der Waals surface area (Å²) in [6, 6.07) is 12.0. The van der Waals surface area contributed by atoms with Crippen LogP contribution in [0.15, 0.2) is 60.9 Å². The topological polar surface area (TPSA) is 63.2 Å². The summed E-state index contributed by atoms with van der Waals surface area (Å²) in [4.78, 5) is 16.4. The Labute approximate surface area is 148 Å². The highest BCUT2D eigenvalue weighted by atomic mass is 19.2. The lowest BCUT2D eigenvalue weighted by atomic mass is 10.2. The quantitative estimate of drug-likeness (QED) is 0.714. The van der Waals surface area contributed by atoms with Crippen LogP contribution in [0.2, 0.25) is 0 Å². The highest BCUT2D eigenvalue weighted by Crippen LogP contribution is 2.24. The smallest absolute Gasteiger partial charge is 0.257 e. The fraction of sp³-hybridized carbons (Fsp3) is 0.0526. The van der Waals surface area contributed by atoms with Crippen molar-refractivity contribution in [3.8, 4) is 5.75 Å². The second kappa shape index (κ2) is 7.60. The van der Waals surface area contributed by atoms with E-state index >= 15 is 0 Å². The molecule has 1 aromatic heterocycles. The van der Waals surface area contributed by atoms with Crippen LogP contribution in [0.5, 0.6) is 5.75 Å². The summed E-state index contributed by atoms with van der Waals surface area (Å²) < 4.78 is 31.5. The summed E-state index contributed by atoms with van der Waals surface area (Å²) >= 11 is 0. The molecule has 0 radical (unpaired) electrons. The van der Waals surface area contributed by atoms with E-state index in [9.17, 15) is 13.6 Å². The van der Waals surface area contributed by atoms with Crippen molar-refractivity contribution in [1.82, 2.24) is 4.98 Å². The summed E-state index contributed by atoms with van der Waals surface area (Å²) in [6.45, 7) is 0. The molecule has 0 fully saturated rings. The van der Waals surface area contributed by atoms with Crippen LogP contribution in [-0.2, 0) is 0 Å². The van der Waals surface area contributed by atoms with E-state index in [1.165, 1.54) is 25.6 Å². The van der Waals surface area contributed by atoms with E-state index in [1.807, 2.05) is 0 Å². The second-order valence-electron chi connectivity index (χ2n) is 5.37. The summed E-state index contributed by atoms with van der Waals surface area (Å²) in [5.41, 5.74) is 1.62. The molecule has 1 amide bonds. The van der Waals surface area contributed by atoms with Gasteiger partial charge in [0.25, 0.3) is 5.91 Å². The fourth-order valence-electron chi connectivity index (χ4n) is 2.32. The van der Waals surface area contributed by atoms with Gasteiger partial charge in [-0.15, -0.1) is 0 Å². The van der Waals surface area contributed by atoms with Gasteiger partial charge in [0.1, 0.15) is 5.75 Å². The zero-order valence-corrected chi connectivity index (χ0v) is 13.8. The average Bonchev–Trinajstić information content (AvgIpc) is 2.65. The minimum atomic E-state index is -0.965. The van der Waals surface area contributed by atoms with Crippen LogP contribution < -0.4 is 15.4 Å². The molecule has 0 aliphatic carbocycles. The number of nitrogens with one attached hydrogen (secondary N) is 2. The van der Waals surface area contributed by atoms with E-state index in [1.54, 1.807) is 30.3 Å². The third-order valence-corrected chi connectivity index (χ3v) is 3.56. The molecule has 1 heterocycles. The Morgan fingerprint density at radius 3 is 2.58 bits per heavy atom. The molecule has 0 unspecified atom stereocenters. The number of aromatic nitrogens is 1. The lowest BCUT2D eigenvalue weighted by Gasteiger charge is -2.11. The Morgan fingerprint density at radius 1 is 1.00 bits per heavy atom. The first kappa shape index (κ1) is 17.3. The minimum absolute atomic E-state index is 0.295. The van der Waals surface area contributed by atoms with Crippen LogP contribution in [0.25, 0.3) is 0 Å². The number of rotatable bonds is 5. The Balaban J connectivity index is 1.78. The molecule has 0 bridgehead atoms. The van der Waals surface area contributed by atoms with Crippen molar-refractivity contribution in [2.75, 3.05) is 17.7 Å². The summed E-state index contributed by atoms with van der Waals surface area (Å²) in [6.07, 6.45) is 2.88. The van der Waals surface area contributed by atoms with Crippen molar-refractivity contribution in [2.45, 2.75) is 0 Å². The van der Waals surface area contributed by atoms with Crippen molar-refractivity contribution in [3.63, 3.8) is 0 Å². The fourth-order valence-corrected chi connectivity index (χ4v) is 2.32. The molecule has 5 nitrogen and oxygen atoms in total. The predicted octanol–water partition coefficient (Wildman–Crippen LogP) is 4.36. The van der Waals surface area contributed by atoms with Crippen LogP contribution in [-0.4, -0.2) is 18.0 Å². The van der Waals surface area contributed by atoms with E-state index in [4.69, 9.17) is 4.74 Å². The molecule has 0 aliphatic heterocycles. The lowest BCUT2D eigenvalue weighted by molar-refractivity contribution is 0.102. The number of para-hydroxylation sites is 2. The largest absolute Gasteiger partial charge is 0.495 e. The number of methoxy groups -OCH3 is 1. The molecule has 0 spiro atoms. The number of anilines is 3. The zero-order valence-electron chi connectivity index (χ0n) is 13.8. The first-order valence-electron chi connectivity index (χ1n) is 7.68. The highest BCUT2D eigenvalue weighted by Gasteiger charge is 2.11. The molecule has 2 aromatic carbocycles. The maximum Gasteiger partial charge on any atom is 0.257 e. The SMILES string of the molecule is COc1ccccc1NC(=O)c1cncc(Nc2ccc(F)c(F)c2)c1. The highest BCUT2D eigenvalue weighted by molar-refractivity contribution is 6.05. The Morgan fingerprint density at radius 2 is 1.81 bits per heavy atom. The van der Waals surface area contributed by atoms with Gasteiger partial charge < -0.3 is 15.4 Å². The van der Waals surface area contributed by atoms with Crippen LogP contribution in [0.3, 0.4) is 0 Å². The molecule has 3 aromatic rings. The standard InChI is InChI=1S/C19H15F2N3O2/c1-26-18-5-3-2-4-17(18)24-19(25)12-8-14(11-22-10-12)23-13-6-7-15(20)16(21)9-13/h2-11,23H,1H3,(H,24,25). The monoisotopic (exact) mass is 355 g/mol. The molecule has 3 rings (SSSR count). The van der Waals surface area contributed by atoms with Crippen molar-refractivity contribution >= 4 is 23.0 Å². The normalized spacial score (nSPS) is 10.3. The van der Waals surface area contributed by atoms with Crippen molar-refractivity contribution in [3.05, 3.63) is 78.1 Å². The zero-order chi connectivity index (χ0) is 18.5. The van der Waals surface area contributed by atoms with Crippen molar-refractivity contribution < 1.29 is 18.3 Å². The summed E-state index contributed by atoms with van der Waals surface area (Å²) in [5, 5.41) is 5.62. The number of ether oxygens (including phenoxy) is 1. The average molecular weight is 355 g/mol. The number of amides is 1. The maximum atomic E-state index is 13.3. The molecule has 0 atom stereocenters. The molecule has 0 saturated carbocycles. The van der Waals surface area contributed by atoms with Gasteiger partial charge in [0.2, 0.25) is 0 Å². The first-order valence-corrected chi connectivity index (χ1v) is 7.68. The second-order valence-corrected chi connectivity index (χ2v) is 5.37. The molecular formula is C19H15F2N3O2. The van der Waals surface area contributed by atoms with E-state index in [0.29, 0.717) is 28.4 Å². The number of pyridine rings is 1. The van der Waals surface area contributed by atoms with Crippen LogP contribution >= 0.6 is 0 Å². The van der Waals surface area contributed by atoms with Crippen molar-refractivity contribution in [1.29, 1.82) is 0 Å². The van der Waals surface area contributed by atoms with Gasteiger partial charge in [0.15, 0.2) is 11.6 Å². The Hall–Kier alpha value is -3.48. The summed E-state index contributed by atoms with van der Waals surface area (Å²) in [7, 11) is 1.51. The first-order chi connectivity index (χ1) is 12.6. The summed E-state index contributed by atoms with van der Waals surface area (Å²) in [5.74, 6) is -1.74. The van der Waals surface area contributed by atoms with Crippen LogP contribution in [0.1, 0.15) is 10.4 Å². The van der Waals surface area contributed by atoms with E-state index in [0.717, 1.165) is 12.1 Å². The maximum absolute atomic E-state index is 13.3. The van der Waals surface area contributed by atoms with Gasteiger partial charge >= 0.3 is 0 Å². The van der Waals surface area contributed by atoms with Gasteiger partial charge in [0.05, 0.1) is 30.2 Å². The number of hydrogen-bond donors (Lipinski definition) is 2. The van der Waals surface area contributed by atoms with E-state index < -0.39 is 11.6 Å². The van der Waals surface area contributed by atoms with Crippen molar-refractivity contribution in [2.24, 2.45) is 0 Å². The molecule has 132 valence electrons. The van der Waals surface area contributed by atoms with Gasteiger partial charge in [-0.3, -0.25) is 9.78 Å². The number of benzene rings is 2. The number of halogens is 2. The van der Waals surface area contributed by atoms with Gasteiger partial charge in [-0.1, -0.05) is 12.1 Å². The van der Waals surface area contributed by atoms with Crippen LogP contribution in [0.4, 0.5) is 25.8 Å². The van der Waals surface area contributed by atoms with Gasteiger partial charge in [-0.25, -0.2) is 8.78 Å². The third-order valence-electron chi connectivity index (χ3n) is 3.56. The molecule has 2 N–H and O–H groups in total. The van der Waals surface area contributed by atoms with Gasteiger partial charge in [-0.05, 0) is 30.3 Å². The number of carbonyl (C=O) groups excluding carboxylic acids is 1. The molecular weight excluding hydrogens is 340 g/mol. The molecule has 7 heteroatoms. The van der Waals surface area contributed by atoms with Crippen LogP contribution in [0, 0.1) is 11.6 Å². The number of nitrogens with zero attached hydrogens (tertiary/aromatic N) is 1. The Kier molecular flexibility index (Phi) is 5.07. The van der Waals surface area contributed by atoms with Gasteiger partial charge in [0, 0.05) is 18.0 Å². The third kappa shape index (κ3) is 3.94. The molecule has 26 heavy (non-hydrogen) atoms. The van der Waals surface area contributed by atoms with Gasteiger partial charge in [-0.2, -0.15) is 0 Å². The van der Waals surface area contributed by atoms with E-state index in [2.05, 4.69) is 15.6 Å². The molecule has 0 saturated heterocycles. The van der Waals surface area contributed by atoms with E-state index in [-0.39, 0.29) is 5.91 Å².